The number of hydrogen-bond acceptors (Lipinski definition) is 3. The zero-order chi connectivity index (χ0) is 24.2. The van der Waals surface area contributed by atoms with Gasteiger partial charge in [-0.1, -0.05) is 127 Å². The smallest absolute Gasteiger partial charge is 0.323 e. The highest BCUT2D eigenvalue weighted by atomic mass is 16.5. The Labute approximate surface area is 207 Å². The first-order chi connectivity index (χ1) is 16.6. The molecular formula is C31H44O3. The summed E-state index contributed by atoms with van der Waals surface area (Å²) < 4.78 is 11.5. The molecule has 3 heteroatoms. The molecule has 3 rings (SSSR count). The topological polar surface area (TPSA) is 35.5 Å². The first-order valence-electron chi connectivity index (χ1n) is 13.5. The minimum Gasteiger partial charge on any atom is -0.465 e. The molecule has 0 fully saturated rings. The summed E-state index contributed by atoms with van der Waals surface area (Å²) in [6.07, 6.45) is 14.1. The Morgan fingerprint density at radius 1 is 0.735 bits per heavy atom. The second-order valence-electron chi connectivity index (χ2n) is 10.3. The Morgan fingerprint density at radius 3 is 1.71 bits per heavy atom. The van der Waals surface area contributed by atoms with Gasteiger partial charge >= 0.3 is 5.97 Å². The lowest BCUT2D eigenvalue weighted by Crippen LogP contribution is -2.41. The Morgan fingerprint density at radius 2 is 1.21 bits per heavy atom. The fourth-order valence-electron chi connectivity index (χ4n) is 5.33. The first-order valence-corrected chi connectivity index (χ1v) is 13.5. The van der Waals surface area contributed by atoms with Crippen molar-refractivity contribution < 1.29 is 14.3 Å². The molecule has 1 aliphatic carbocycles. The highest BCUT2D eigenvalue weighted by Crippen LogP contribution is 2.49. The van der Waals surface area contributed by atoms with E-state index in [-0.39, 0.29) is 12.6 Å². The Balaban J connectivity index is 1.40. The van der Waals surface area contributed by atoms with Gasteiger partial charge in [-0.15, -0.1) is 0 Å². The summed E-state index contributed by atoms with van der Waals surface area (Å²) in [7, 11) is 1.66. The second kappa shape index (κ2) is 13.7. The minimum absolute atomic E-state index is 0.191. The zero-order valence-electron chi connectivity index (χ0n) is 21.6. The maximum atomic E-state index is 13.5. The number of hydrogen-bond donors (Lipinski definition) is 0. The molecular weight excluding hydrogens is 420 g/mol. The Bertz CT molecular complexity index is 840. The monoisotopic (exact) mass is 464 g/mol. The van der Waals surface area contributed by atoms with Crippen LogP contribution in [0.25, 0.3) is 11.1 Å². The number of rotatable bonds is 16. The van der Waals surface area contributed by atoms with Gasteiger partial charge in [0.15, 0.2) is 0 Å². The van der Waals surface area contributed by atoms with Crippen LogP contribution >= 0.6 is 0 Å². The van der Waals surface area contributed by atoms with Gasteiger partial charge in [0, 0.05) is 7.11 Å². The van der Waals surface area contributed by atoms with E-state index in [1.54, 1.807) is 7.11 Å². The van der Waals surface area contributed by atoms with E-state index >= 15 is 0 Å². The molecule has 0 saturated heterocycles. The molecule has 186 valence electrons. The fraction of sp³-hybridized carbons (Fsp3) is 0.581. The predicted octanol–water partition coefficient (Wildman–Crippen LogP) is 8.09. The molecule has 1 aliphatic rings. The highest BCUT2D eigenvalue weighted by molar-refractivity contribution is 5.98. The number of ether oxygens (including phenoxy) is 2. The molecule has 0 radical (unpaired) electrons. The van der Waals surface area contributed by atoms with E-state index in [1.165, 1.54) is 57.8 Å². The number of benzene rings is 2. The molecule has 0 unspecified atom stereocenters. The summed E-state index contributed by atoms with van der Waals surface area (Å²) >= 11 is 0. The molecule has 2 aromatic carbocycles. The molecule has 0 atom stereocenters. The SMILES string of the molecule is COCC1(C(=O)OCCCCCCCCCCCCC(C)C)c2ccccc2-c2ccccc21. The van der Waals surface area contributed by atoms with Crippen LogP contribution in [0.2, 0.25) is 0 Å². The van der Waals surface area contributed by atoms with Crippen molar-refractivity contribution in [1.29, 1.82) is 0 Å². The molecule has 0 spiro atoms. The van der Waals surface area contributed by atoms with Crippen LogP contribution in [0.15, 0.2) is 48.5 Å². The molecule has 0 N–H and O–H groups in total. The first kappa shape index (κ1) is 26.5. The summed E-state index contributed by atoms with van der Waals surface area (Å²) in [4.78, 5) is 13.5. The summed E-state index contributed by atoms with van der Waals surface area (Å²) in [6.45, 7) is 5.39. The van der Waals surface area contributed by atoms with Crippen molar-refractivity contribution in [2.75, 3.05) is 20.3 Å². The van der Waals surface area contributed by atoms with Crippen molar-refractivity contribution in [3.8, 4) is 11.1 Å². The normalized spacial score (nSPS) is 13.6. The quantitative estimate of drug-likeness (QED) is 0.186. The van der Waals surface area contributed by atoms with Crippen LogP contribution in [0, 0.1) is 5.92 Å². The van der Waals surface area contributed by atoms with Crippen LogP contribution in [-0.2, 0) is 19.7 Å². The van der Waals surface area contributed by atoms with Gasteiger partial charge in [-0.2, -0.15) is 0 Å². The van der Waals surface area contributed by atoms with Crippen molar-refractivity contribution in [2.45, 2.75) is 89.9 Å². The lowest BCUT2D eigenvalue weighted by atomic mass is 9.79. The number of carbonyl (C=O) groups is 1. The van der Waals surface area contributed by atoms with Gasteiger partial charge in [0.2, 0.25) is 0 Å². The maximum Gasteiger partial charge on any atom is 0.323 e. The number of carbonyl (C=O) groups excluding carboxylic acids is 1. The average Bonchev–Trinajstić information content (AvgIpc) is 3.13. The molecule has 34 heavy (non-hydrogen) atoms. The van der Waals surface area contributed by atoms with Gasteiger partial charge < -0.3 is 9.47 Å². The zero-order valence-corrected chi connectivity index (χ0v) is 21.6. The predicted molar refractivity (Wildman–Crippen MR) is 141 cm³/mol. The Hall–Kier alpha value is -2.13. The van der Waals surface area contributed by atoms with E-state index in [2.05, 4.69) is 26.0 Å². The molecule has 0 saturated carbocycles. The van der Waals surface area contributed by atoms with Crippen molar-refractivity contribution >= 4 is 5.97 Å². The third-order valence-electron chi connectivity index (χ3n) is 7.18. The van der Waals surface area contributed by atoms with E-state index < -0.39 is 5.41 Å². The maximum absolute atomic E-state index is 13.5. The van der Waals surface area contributed by atoms with E-state index in [0.29, 0.717) is 6.61 Å². The summed E-state index contributed by atoms with van der Waals surface area (Å²) in [5.74, 6) is 0.652. The number of esters is 1. The highest BCUT2D eigenvalue weighted by Gasteiger charge is 2.50. The minimum atomic E-state index is -0.878. The Kier molecular flexibility index (Phi) is 10.7. The molecule has 0 heterocycles. The second-order valence-corrected chi connectivity index (χ2v) is 10.3. The number of unbranched alkanes of at least 4 members (excludes halogenated alkanes) is 9. The third-order valence-corrected chi connectivity index (χ3v) is 7.18. The molecule has 3 nitrogen and oxygen atoms in total. The average molecular weight is 465 g/mol. The van der Waals surface area contributed by atoms with Gasteiger partial charge in [0.05, 0.1) is 13.2 Å². The van der Waals surface area contributed by atoms with Gasteiger partial charge in [0.25, 0.3) is 0 Å². The standard InChI is InChI=1S/C31H44O3/c1-25(2)18-12-10-8-6-4-5-7-9-11-17-23-34-30(32)31(24-33-3)28-21-15-13-19-26(28)27-20-14-16-22-29(27)31/h13-16,19-22,25H,4-12,17-18,23-24H2,1-3H3. The molecule has 2 aromatic rings. The lowest BCUT2D eigenvalue weighted by Gasteiger charge is -2.29. The van der Waals surface area contributed by atoms with Crippen LogP contribution in [0.5, 0.6) is 0 Å². The van der Waals surface area contributed by atoms with Crippen molar-refractivity contribution in [1.82, 2.24) is 0 Å². The fourth-order valence-corrected chi connectivity index (χ4v) is 5.33. The number of fused-ring (bicyclic) bond motifs is 3. The van der Waals surface area contributed by atoms with Gasteiger partial charge in [0.1, 0.15) is 5.41 Å². The molecule has 0 aromatic heterocycles. The molecule has 0 amide bonds. The summed E-state index contributed by atoms with van der Waals surface area (Å²) in [6, 6.07) is 16.3. The largest absolute Gasteiger partial charge is 0.465 e. The van der Waals surface area contributed by atoms with Gasteiger partial charge in [-0.05, 0) is 34.6 Å². The van der Waals surface area contributed by atoms with Crippen molar-refractivity contribution in [3.05, 3.63) is 59.7 Å². The van der Waals surface area contributed by atoms with Gasteiger partial charge in [-0.3, -0.25) is 4.79 Å². The van der Waals surface area contributed by atoms with Crippen LogP contribution in [0.3, 0.4) is 0 Å². The van der Waals surface area contributed by atoms with E-state index in [9.17, 15) is 4.79 Å². The van der Waals surface area contributed by atoms with Crippen molar-refractivity contribution in [3.63, 3.8) is 0 Å². The molecule has 0 bridgehead atoms. The third kappa shape index (κ3) is 6.50. The number of methoxy groups -OCH3 is 1. The van der Waals surface area contributed by atoms with Crippen LogP contribution in [0.4, 0.5) is 0 Å². The van der Waals surface area contributed by atoms with E-state index in [0.717, 1.165) is 41.0 Å². The van der Waals surface area contributed by atoms with E-state index in [1.807, 2.05) is 36.4 Å². The summed E-state index contributed by atoms with van der Waals surface area (Å²) in [5, 5.41) is 0. The summed E-state index contributed by atoms with van der Waals surface area (Å²) in [5.41, 5.74) is 3.32. The van der Waals surface area contributed by atoms with Crippen molar-refractivity contribution in [2.24, 2.45) is 5.92 Å². The lowest BCUT2D eigenvalue weighted by molar-refractivity contribution is -0.151. The van der Waals surface area contributed by atoms with E-state index in [4.69, 9.17) is 9.47 Å². The van der Waals surface area contributed by atoms with Crippen LogP contribution in [-0.4, -0.2) is 26.3 Å². The van der Waals surface area contributed by atoms with Crippen LogP contribution in [0.1, 0.15) is 95.6 Å². The van der Waals surface area contributed by atoms with Crippen LogP contribution < -0.4 is 0 Å². The van der Waals surface area contributed by atoms with Gasteiger partial charge in [-0.25, -0.2) is 0 Å². The molecule has 0 aliphatic heterocycles.